The second kappa shape index (κ2) is 7.59. The average Bonchev–Trinajstić information content (AvgIpc) is 2.61. The molecule has 0 fully saturated rings. The highest BCUT2D eigenvalue weighted by Gasteiger charge is 2.12. The second-order valence-electron chi connectivity index (χ2n) is 6.29. The number of hydrogen-bond donors (Lipinski definition) is 1. The lowest BCUT2D eigenvalue weighted by Crippen LogP contribution is -2.08. The predicted octanol–water partition coefficient (Wildman–Crippen LogP) is 4.62. The Hall–Kier alpha value is -2.84. The zero-order valence-corrected chi connectivity index (χ0v) is 16.3. The summed E-state index contributed by atoms with van der Waals surface area (Å²) < 4.78 is 1.01. The monoisotopic (exact) mass is 406 g/mol. The zero-order valence-electron chi connectivity index (χ0n) is 14.7. The third-order valence-corrected chi connectivity index (χ3v) is 4.70. The molecule has 5 heteroatoms. The fourth-order valence-corrected chi connectivity index (χ4v) is 3.28. The molecule has 0 amide bonds. The molecule has 2 N–H and O–H groups in total. The summed E-state index contributed by atoms with van der Waals surface area (Å²) in [5.74, 6) is 0.270. The van der Waals surface area contributed by atoms with E-state index in [-0.39, 0.29) is 5.82 Å². The van der Waals surface area contributed by atoms with Crippen molar-refractivity contribution in [1.29, 1.82) is 5.26 Å². The molecular formula is C21H19BrN4. The van der Waals surface area contributed by atoms with E-state index in [0.29, 0.717) is 12.0 Å². The van der Waals surface area contributed by atoms with Crippen LogP contribution in [0.5, 0.6) is 0 Å². The van der Waals surface area contributed by atoms with Gasteiger partial charge in [0, 0.05) is 29.8 Å². The fraction of sp³-hybridized carbons (Fsp3) is 0.143. The number of anilines is 2. The minimum absolute atomic E-state index is 0.270. The topological polar surface area (TPSA) is 65.9 Å². The molecule has 0 spiro atoms. The molecule has 1 aromatic heterocycles. The number of nitrogens with zero attached hydrogens (tertiary/aromatic N) is 3. The number of pyridine rings is 1. The smallest absolute Gasteiger partial charge is 0.142 e. The van der Waals surface area contributed by atoms with Gasteiger partial charge in [-0.25, -0.2) is 4.98 Å². The molecule has 3 rings (SSSR count). The van der Waals surface area contributed by atoms with Crippen LogP contribution >= 0.6 is 15.9 Å². The highest BCUT2D eigenvalue weighted by Crippen LogP contribution is 2.27. The Kier molecular flexibility index (Phi) is 5.24. The van der Waals surface area contributed by atoms with Crippen LogP contribution in [0.1, 0.15) is 16.7 Å². The van der Waals surface area contributed by atoms with Crippen molar-refractivity contribution in [2.45, 2.75) is 6.42 Å². The van der Waals surface area contributed by atoms with Gasteiger partial charge in [0.05, 0.1) is 11.3 Å². The molecule has 0 saturated heterocycles. The number of nitrogens with two attached hydrogens (primary N) is 1. The molecule has 3 aromatic rings. The highest BCUT2D eigenvalue weighted by atomic mass is 79.9. The van der Waals surface area contributed by atoms with Crippen LogP contribution in [-0.2, 0) is 6.42 Å². The van der Waals surface area contributed by atoms with E-state index in [0.717, 1.165) is 32.5 Å². The van der Waals surface area contributed by atoms with Gasteiger partial charge in [-0.3, -0.25) is 0 Å². The summed E-state index contributed by atoms with van der Waals surface area (Å²) in [5.41, 5.74) is 11.4. The maximum atomic E-state index is 9.51. The van der Waals surface area contributed by atoms with Gasteiger partial charge in [-0.05, 0) is 47.9 Å². The Morgan fingerprint density at radius 3 is 2.46 bits per heavy atom. The van der Waals surface area contributed by atoms with Gasteiger partial charge in [-0.2, -0.15) is 5.26 Å². The normalized spacial score (nSPS) is 10.4. The highest BCUT2D eigenvalue weighted by molar-refractivity contribution is 9.10. The number of hydrogen-bond acceptors (Lipinski definition) is 4. The maximum Gasteiger partial charge on any atom is 0.142 e. The van der Waals surface area contributed by atoms with Crippen molar-refractivity contribution in [2.75, 3.05) is 24.7 Å². The molecule has 0 bridgehead atoms. The number of nitrogen functional groups attached to an aromatic ring is 1. The SMILES string of the molecule is CN(C)c1ccc(-c2cc(Cc3cccc(Br)c3)c(C#N)c(N)n2)cc1. The molecule has 0 saturated carbocycles. The number of benzene rings is 2. The van der Waals surface area contributed by atoms with E-state index in [1.165, 1.54) is 0 Å². The molecule has 26 heavy (non-hydrogen) atoms. The molecule has 0 radical (unpaired) electrons. The Morgan fingerprint density at radius 1 is 1.12 bits per heavy atom. The van der Waals surface area contributed by atoms with Crippen molar-refractivity contribution in [3.63, 3.8) is 0 Å². The van der Waals surface area contributed by atoms with Crippen LogP contribution in [0.2, 0.25) is 0 Å². The van der Waals surface area contributed by atoms with Crippen LogP contribution in [0.25, 0.3) is 11.3 Å². The minimum Gasteiger partial charge on any atom is -0.383 e. The van der Waals surface area contributed by atoms with Gasteiger partial charge in [-0.15, -0.1) is 0 Å². The molecular weight excluding hydrogens is 388 g/mol. The van der Waals surface area contributed by atoms with Crippen molar-refractivity contribution in [1.82, 2.24) is 4.98 Å². The van der Waals surface area contributed by atoms with Gasteiger partial charge in [-0.1, -0.05) is 40.2 Å². The summed E-state index contributed by atoms with van der Waals surface area (Å²) in [7, 11) is 4.01. The van der Waals surface area contributed by atoms with Crippen LogP contribution in [-0.4, -0.2) is 19.1 Å². The van der Waals surface area contributed by atoms with Gasteiger partial charge in [0.25, 0.3) is 0 Å². The van der Waals surface area contributed by atoms with Gasteiger partial charge >= 0.3 is 0 Å². The molecule has 0 aliphatic carbocycles. The molecule has 0 aliphatic rings. The lowest BCUT2D eigenvalue weighted by atomic mass is 9.98. The van der Waals surface area contributed by atoms with Gasteiger partial charge in [0.2, 0.25) is 0 Å². The molecule has 0 unspecified atom stereocenters. The third-order valence-electron chi connectivity index (χ3n) is 4.20. The van der Waals surface area contributed by atoms with Crippen molar-refractivity contribution in [2.24, 2.45) is 0 Å². The van der Waals surface area contributed by atoms with E-state index in [9.17, 15) is 5.26 Å². The van der Waals surface area contributed by atoms with Gasteiger partial charge in [0.1, 0.15) is 11.9 Å². The second-order valence-corrected chi connectivity index (χ2v) is 7.20. The fourth-order valence-electron chi connectivity index (χ4n) is 2.83. The maximum absolute atomic E-state index is 9.51. The molecule has 2 aromatic carbocycles. The Bertz CT molecular complexity index is 972. The van der Waals surface area contributed by atoms with Crippen LogP contribution in [0.15, 0.2) is 59.1 Å². The van der Waals surface area contributed by atoms with Crippen LogP contribution in [0.4, 0.5) is 11.5 Å². The van der Waals surface area contributed by atoms with E-state index < -0.39 is 0 Å². The standard InChI is InChI=1S/C21H19BrN4/c1-26(2)18-8-6-15(7-9-18)20-12-16(19(13-23)21(24)25-20)10-14-4-3-5-17(22)11-14/h3-9,11-12H,10H2,1-2H3,(H2,24,25). The van der Waals surface area contributed by atoms with Crippen LogP contribution < -0.4 is 10.6 Å². The lowest BCUT2D eigenvalue weighted by molar-refractivity contribution is 1.13. The summed E-state index contributed by atoms with van der Waals surface area (Å²) >= 11 is 3.49. The Balaban J connectivity index is 2.03. The Labute approximate surface area is 162 Å². The molecule has 130 valence electrons. The molecule has 0 atom stereocenters. The van der Waals surface area contributed by atoms with E-state index in [2.05, 4.69) is 27.0 Å². The molecule has 0 aliphatic heterocycles. The number of rotatable bonds is 4. The first kappa shape index (κ1) is 18.0. The lowest BCUT2D eigenvalue weighted by Gasteiger charge is -2.14. The van der Waals surface area contributed by atoms with Crippen molar-refractivity contribution >= 4 is 27.4 Å². The van der Waals surface area contributed by atoms with E-state index >= 15 is 0 Å². The minimum atomic E-state index is 0.270. The first-order valence-electron chi connectivity index (χ1n) is 8.19. The quantitative estimate of drug-likeness (QED) is 0.685. The first-order chi connectivity index (χ1) is 12.5. The summed E-state index contributed by atoms with van der Waals surface area (Å²) in [6.45, 7) is 0. The molecule has 1 heterocycles. The average molecular weight is 407 g/mol. The largest absolute Gasteiger partial charge is 0.383 e. The Morgan fingerprint density at radius 2 is 1.85 bits per heavy atom. The van der Waals surface area contributed by atoms with E-state index in [1.54, 1.807) is 0 Å². The zero-order chi connectivity index (χ0) is 18.7. The number of halogens is 1. The van der Waals surface area contributed by atoms with E-state index in [1.807, 2.05) is 73.6 Å². The third kappa shape index (κ3) is 3.87. The van der Waals surface area contributed by atoms with Gasteiger partial charge < -0.3 is 10.6 Å². The molecule has 4 nitrogen and oxygen atoms in total. The van der Waals surface area contributed by atoms with Gasteiger partial charge in [0.15, 0.2) is 0 Å². The van der Waals surface area contributed by atoms with Crippen LogP contribution in [0.3, 0.4) is 0 Å². The van der Waals surface area contributed by atoms with Crippen molar-refractivity contribution in [3.8, 4) is 17.3 Å². The first-order valence-corrected chi connectivity index (χ1v) is 8.99. The summed E-state index contributed by atoms with van der Waals surface area (Å²) in [6.07, 6.45) is 0.623. The van der Waals surface area contributed by atoms with E-state index in [4.69, 9.17) is 5.73 Å². The number of aromatic nitrogens is 1. The van der Waals surface area contributed by atoms with Crippen molar-refractivity contribution in [3.05, 3.63) is 75.8 Å². The van der Waals surface area contributed by atoms with Crippen LogP contribution in [0, 0.1) is 11.3 Å². The summed E-state index contributed by atoms with van der Waals surface area (Å²) in [6, 6.07) is 20.3. The number of nitriles is 1. The summed E-state index contributed by atoms with van der Waals surface area (Å²) in [5, 5.41) is 9.51. The predicted molar refractivity (Wildman–Crippen MR) is 110 cm³/mol. The summed E-state index contributed by atoms with van der Waals surface area (Å²) in [4.78, 5) is 6.49. The van der Waals surface area contributed by atoms with Crippen molar-refractivity contribution < 1.29 is 0 Å².